The van der Waals surface area contributed by atoms with Gasteiger partial charge in [0.25, 0.3) is 5.91 Å². The van der Waals surface area contributed by atoms with Crippen molar-refractivity contribution < 1.29 is 31.8 Å². The van der Waals surface area contributed by atoms with E-state index < -0.39 is 39.5 Å². The van der Waals surface area contributed by atoms with Crippen LogP contribution in [0.2, 0.25) is 0 Å². The van der Waals surface area contributed by atoms with Crippen molar-refractivity contribution in [3.8, 4) is 0 Å². The smallest absolute Gasteiger partial charge is 0.251 e. The van der Waals surface area contributed by atoms with Gasteiger partial charge in [-0.15, -0.1) is 0 Å². The number of benzene rings is 3. The molecular weight excluding hydrogens is 538 g/mol. The van der Waals surface area contributed by atoms with E-state index in [1.807, 2.05) is 18.2 Å². The summed E-state index contributed by atoms with van der Waals surface area (Å²) in [6, 6.07) is 15.6. The predicted octanol–water partition coefficient (Wildman–Crippen LogP) is 3.83. The molecule has 0 aliphatic carbocycles. The molecule has 216 valence electrons. The summed E-state index contributed by atoms with van der Waals surface area (Å²) < 4.78 is 57.7. The Morgan fingerprint density at radius 1 is 0.950 bits per heavy atom. The number of aliphatic hydroxyl groups excluding tert-OH is 1. The number of rotatable bonds is 15. The number of ether oxygens (including phenoxy) is 1. The maximum absolute atomic E-state index is 13.8. The Morgan fingerprint density at radius 3 is 2.27 bits per heavy atom. The fraction of sp³-hybridized carbons (Fsp3) is 0.367. The molecule has 1 amide bonds. The monoisotopic (exact) mass is 574 g/mol. The van der Waals surface area contributed by atoms with Crippen molar-refractivity contribution in [2.24, 2.45) is 0 Å². The van der Waals surface area contributed by atoms with Crippen LogP contribution >= 0.6 is 0 Å². The van der Waals surface area contributed by atoms with E-state index >= 15 is 0 Å². The Kier molecular flexibility index (Phi) is 11.8. The molecule has 10 heteroatoms. The van der Waals surface area contributed by atoms with Crippen LogP contribution in [0.3, 0.4) is 0 Å². The lowest BCUT2D eigenvalue weighted by Crippen LogP contribution is -2.48. The van der Waals surface area contributed by atoms with Crippen LogP contribution in [0.25, 0.3) is 0 Å². The molecule has 0 aromatic heterocycles. The fourth-order valence-corrected chi connectivity index (χ4v) is 5.35. The number of carbonyl (C=O) groups excluding carboxylic acids is 1. The highest BCUT2D eigenvalue weighted by Crippen LogP contribution is 2.15. The number of hydrogen-bond donors (Lipinski definition) is 3. The number of carbonyl (C=O) groups is 1. The molecule has 0 saturated carbocycles. The van der Waals surface area contributed by atoms with Crippen molar-refractivity contribution in [2.75, 3.05) is 25.5 Å². The van der Waals surface area contributed by atoms with E-state index in [1.54, 1.807) is 6.92 Å². The third-order valence-corrected chi connectivity index (χ3v) is 8.11. The van der Waals surface area contributed by atoms with E-state index in [1.165, 1.54) is 29.8 Å². The Morgan fingerprint density at radius 2 is 1.62 bits per heavy atom. The van der Waals surface area contributed by atoms with Crippen molar-refractivity contribution >= 4 is 15.7 Å². The van der Waals surface area contributed by atoms with Gasteiger partial charge in [0.15, 0.2) is 9.84 Å². The predicted molar refractivity (Wildman–Crippen MR) is 150 cm³/mol. The number of amides is 1. The standard InChI is InChI=1S/C30H36F2N2O5S/c1-3-21-6-5-7-22(14-21)19-33-20-29(35)28(17-23-15-25(31)18-26(32)16-23)34-30(36)24-8-10-27(11-9-24)40(37,38)13-12-39-4-2/h5-11,14-16,18,28-29,33,35H,3-4,12-13,17,19-20H2,1-2H3,(H,34,36)/t28-,29+/m0/s1. The molecule has 0 fully saturated rings. The summed E-state index contributed by atoms with van der Waals surface area (Å²) in [7, 11) is -3.57. The lowest BCUT2D eigenvalue weighted by atomic mass is 10.00. The van der Waals surface area contributed by atoms with Crippen LogP contribution in [0.4, 0.5) is 8.78 Å². The maximum atomic E-state index is 13.8. The Balaban J connectivity index is 1.71. The zero-order valence-electron chi connectivity index (χ0n) is 22.7. The quantitative estimate of drug-likeness (QED) is 0.239. The molecule has 0 unspecified atom stereocenters. The SMILES string of the molecule is CCOCCS(=O)(=O)c1ccc(C(=O)N[C@@H](Cc2cc(F)cc(F)c2)[C@H](O)CNCc2cccc(CC)c2)cc1. The summed E-state index contributed by atoms with van der Waals surface area (Å²) in [5, 5.41) is 16.9. The first-order valence-electron chi connectivity index (χ1n) is 13.2. The van der Waals surface area contributed by atoms with Gasteiger partial charge in [-0.05, 0) is 72.9 Å². The third-order valence-electron chi connectivity index (χ3n) is 6.42. The first-order chi connectivity index (χ1) is 19.1. The van der Waals surface area contributed by atoms with Gasteiger partial charge in [0, 0.05) is 31.3 Å². The first-order valence-corrected chi connectivity index (χ1v) is 14.9. The van der Waals surface area contributed by atoms with E-state index in [-0.39, 0.29) is 41.3 Å². The van der Waals surface area contributed by atoms with E-state index in [0.29, 0.717) is 13.2 Å². The van der Waals surface area contributed by atoms with Gasteiger partial charge in [-0.2, -0.15) is 0 Å². The molecule has 0 saturated heterocycles. The molecule has 0 radical (unpaired) electrons. The van der Waals surface area contributed by atoms with Gasteiger partial charge in [0.2, 0.25) is 0 Å². The lowest BCUT2D eigenvalue weighted by molar-refractivity contribution is 0.0829. The average Bonchev–Trinajstić information content (AvgIpc) is 2.92. The largest absolute Gasteiger partial charge is 0.390 e. The molecule has 0 spiro atoms. The normalized spacial score (nSPS) is 13.1. The van der Waals surface area contributed by atoms with Gasteiger partial charge in [-0.3, -0.25) is 4.79 Å². The Bertz CT molecular complexity index is 1350. The molecule has 0 aliphatic rings. The molecule has 0 heterocycles. The summed E-state index contributed by atoms with van der Waals surface area (Å²) >= 11 is 0. The molecule has 0 bridgehead atoms. The summed E-state index contributed by atoms with van der Waals surface area (Å²) in [6.45, 7) is 4.91. The third kappa shape index (κ3) is 9.48. The number of aryl methyl sites for hydroxylation is 1. The minimum absolute atomic E-state index is 0.0293. The zero-order valence-corrected chi connectivity index (χ0v) is 23.5. The highest BCUT2D eigenvalue weighted by atomic mass is 32.2. The van der Waals surface area contributed by atoms with Crippen LogP contribution < -0.4 is 10.6 Å². The van der Waals surface area contributed by atoms with Crippen molar-refractivity contribution in [3.63, 3.8) is 0 Å². The lowest BCUT2D eigenvalue weighted by Gasteiger charge is -2.25. The summed E-state index contributed by atoms with van der Waals surface area (Å²) in [5.74, 6) is -2.26. The van der Waals surface area contributed by atoms with Crippen LogP contribution in [0.15, 0.2) is 71.6 Å². The second kappa shape index (κ2) is 15.0. The first kappa shape index (κ1) is 31.3. The highest BCUT2D eigenvalue weighted by Gasteiger charge is 2.23. The zero-order chi connectivity index (χ0) is 29.1. The number of sulfone groups is 1. The Hall–Kier alpha value is -3.18. The van der Waals surface area contributed by atoms with Crippen LogP contribution in [-0.4, -0.2) is 57.1 Å². The van der Waals surface area contributed by atoms with E-state index in [9.17, 15) is 27.1 Å². The number of nitrogens with one attached hydrogen (secondary N) is 2. The number of halogens is 2. The van der Waals surface area contributed by atoms with Gasteiger partial charge >= 0.3 is 0 Å². The topological polar surface area (TPSA) is 105 Å². The molecular formula is C30H36F2N2O5S. The van der Waals surface area contributed by atoms with Crippen LogP contribution in [0.1, 0.15) is 40.9 Å². The van der Waals surface area contributed by atoms with Crippen molar-refractivity contribution in [3.05, 3.63) is 101 Å². The fourth-order valence-electron chi connectivity index (χ4n) is 4.23. The summed E-state index contributed by atoms with van der Waals surface area (Å²) in [5.41, 5.74) is 2.67. The molecule has 3 N–H and O–H groups in total. The van der Waals surface area contributed by atoms with Gasteiger partial charge < -0.3 is 20.5 Å². The van der Waals surface area contributed by atoms with E-state index in [0.717, 1.165) is 30.2 Å². The van der Waals surface area contributed by atoms with Crippen LogP contribution in [0, 0.1) is 11.6 Å². The van der Waals surface area contributed by atoms with E-state index in [4.69, 9.17) is 4.74 Å². The summed E-state index contributed by atoms with van der Waals surface area (Å²) in [4.78, 5) is 13.1. The minimum atomic E-state index is -3.57. The van der Waals surface area contributed by atoms with Crippen LogP contribution in [-0.2, 0) is 34.0 Å². The van der Waals surface area contributed by atoms with E-state index in [2.05, 4.69) is 23.6 Å². The second-order valence-corrected chi connectivity index (χ2v) is 11.6. The minimum Gasteiger partial charge on any atom is -0.390 e. The second-order valence-electron chi connectivity index (χ2n) is 9.47. The maximum Gasteiger partial charge on any atom is 0.251 e. The van der Waals surface area contributed by atoms with Crippen molar-refractivity contribution in [1.29, 1.82) is 0 Å². The van der Waals surface area contributed by atoms with Crippen molar-refractivity contribution in [1.82, 2.24) is 10.6 Å². The van der Waals surface area contributed by atoms with Gasteiger partial charge in [-0.25, -0.2) is 17.2 Å². The van der Waals surface area contributed by atoms with Gasteiger partial charge in [-0.1, -0.05) is 31.2 Å². The highest BCUT2D eigenvalue weighted by molar-refractivity contribution is 7.91. The Labute approximate surface area is 234 Å². The average molecular weight is 575 g/mol. The molecule has 3 rings (SSSR count). The van der Waals surface area contributed by atoms with Gasteiger partial charge in [0.1, 0.15) is 11.6 Å². The molecule has 0 aliphatic heterocycles. The van der Waals surface area contributed by atoms with Crippen LogP contribution in [0.5, 0.6) is 0 Å². The molecule has 3 aromatic rings. The summed E-state index contributed by atoms with van der Waals surface area (Å²) in [6.07, 6.45) is -0.226. The number of aliphatic hydroxyl groups is 1. The number of hydrogen-bond acceptors (Lipinski definition) is 6. The van der Waals surface area contributed by atoms with Gasteiger partial charge in [0.05, 0.1) is 29.4 Å². The molecule has 3 aromatic carbocycles. The molecule has 2 atom stereocenters. The molecule has 7 nitrogen and oxygen atoms in total. The molecule has 40 heavy (non-hydrogen) atoms. The van der Waals surface area contributed by atoms with Crippen molar-refractivity contribution in [2.45, 2.75) is 50.3 Å².